The van der Waals surface area contributed by atoms with Crippen LogP contribution in [0.5, 0.6) is 0 Å². The fourth-order valence-electron chi connectivity index (χ4n) is 4.87. The van der Waals surface area contributed by atoms with E-state index in [0.29, 0.717) is 13.0 Å². The van der Waals surface area contributed by atoms with Crippen molar-refractivity contribution in [3.63, 3.8) is 0 Å². The highest BCUT2D eigenvalue weighted by Gasteiger charge is 2.18. The Morgan fingerprint density at radius 2 is 1.10 bits per heavy atom. The smallest absolute Gasteiger partial charge is 0.308 e. The van der Waals surface area contributed by atoms with Crippen LogP contribution in [0.4, 0.5) is 0 Å². The lowest BCUT2D eigenvalue weighted by Crippen LogP contribution is -2.36. The van der Waals surface area contributed by atoms with Gasteiger partial charge in [-0.3, -0.25) is 4.79 Å². The lowest BCUT2D eigenvalue weighted by molar-refractivity contribution is -0.149. The molecule has 0 aromatic carbocycles. The average molecular weight is 585 g/mol. The predicted octanol–water partition coefficient (Wildman–Crippen LogP) is 8.70. The number of hydrogen-bond acceptors (Lipinski definition) is 6. The molecule has 0 saturated heterocycles. The summed E-state index contributed by atoms with van der Waals surface area (Å²) in [6.07, 6.45) is 20.3. The van der Waals surface area contributed by atoms with Crippen molar-refractivity contribution in [2.75, 3.05) is 59.1 Å². The normalized spacial score (nSPS) is 11.9. The van der Waals surface area contributed by atoms with Crippen LogP contribution in [0.15, 0.2) is 0 Å². The number of likely N-dealkylation sites (N-methyl/N-ethyl adjacent to an activating group) is 1. The Bertz CT molecular complexity index is 528. The van der Waals surface area contributed by atoms with Gasteiger partial charge in [-0.25, -0.2) is 0 Å². The standard InChI is InChI=1S/C32H66N2O3.C3H6O/c1-6-11-19-28-36-29-20-15-13-17-24-34(27-26-33(9-4)10-5)25-18-14-16-21-30-37-32(35)31(22-8-3)23-12-7-2;1-2-3-4/h31H,6-30H2,1-5H3;3H,2H2,1H3. The molecule has 0 saturated carbocycles. The van der Waals surface area contributed by atoms with Gasteiger partial charge in [-0.05, 0) is 71.1 Å². The monoisotopic (exact) mass is 585 g/mol. The molecule has 0 rings (SSSR count). The lowest BCUT2D eigenvalue weighted by atomic mass is 9.97. The van der Waals surface area contributed by atoms with Gasteiger partial charge in [-0.2, -0.15) is 0 Å². The molecule has 0 spiro atoms. The van der Waals surface area contributed by atoms with Crippen molar-refractivity contribution >= 4 is 12.3 Å². The van der Waals surface area contributed by atoms with E-state index in [1.54, 1.807) is 0 Å². The van der Waals surface area contributed by atoms with Crippen LogP contribution in [-0.2, 0) is 19.1 Å². The molecule has 0 heterocycles. The maximum Gasteiger partial charge on any atom is 0.308 e. The number of hydrogen-bond donors (Lipinski definition) is 0. The van der Waals surface area contributed by atoms with E-state index in [4.69, 9.17) is 9.47 Å². The molecule has 0 radical (unpaired) electrons. The summed E-state index contributed by atoms with van der Waals surface area (Å²) >= 11 is 0. The Kier molecular flexibility index (Phi) is 36.2. The summed E-state index contributed by atoms with van der Waals surface area (Å²) in [5, 5.41) is 0. The first-order valence-electron chi connectivity index (χ1n) is 17.7. The fraction of sp³-hybridized carbons (Fsp3) is 0.943. The second-order valence-corrected chi connectivity index (χ2v) is 11.4. The van der Waals surface area contributed by atoms with Crippen LogP contribution in [0.2, 0.25) is 0 Å². The molecule has 0 amide bonds. The summed E-state index contributed by atoms with van der Waals surface area (Å²) < 4.78 is 11.4. The van der Waals surface area contributed by atoms with Crippen molar-refractivity contribution in [3.05, 3.63) is 0 Å². The zero-order chi connectivity index (χ0) is 30.8. The Hall–Kier alpha value is -0.980. The molecule has 6 nitrogen and oxygen atoms in total. The van der Waals surface area contributed by atoms with Gasteiger partial charge in [0.05, 0.1) is 12.5 Å². The van der Waals surface area contributed by atoms with Crippen molar-refractivity contribution < 1.29 is 19.1 Å². The molecule has 41 heavy (non-hydrogen) atoms. The number of rotatable bonds is 30. The first-order chi connectivity index (χ1) is 20.0. The summed E-state index contributed by atoms with van der Waals surface area (Å²) in [4.78, 5) is 26.8. The second kappa shape index (κ2) is 35.2. The van der Waals surface area contributed by atoms with E-state index in [1.807, 2.05) is 6.92 Å². The van der Waals surface area contributed by atoms with Crippen molar-refractivity contribution in [3.8, 4) is 0 Å². The molecular formula is C35H72N2O4. The highest BCUT2D eigenvalue weighted by atomic mass is 16.5. The van der Waals surface area contributed by atoms with Gasteiger partial charge < -0.3 is 24.1 Å². The second-order valence-electron chi connectivity index (χ2n) is 11.4. The molecule has 0 aromatic heterocycles. The molecule has 1 atom stereocenters. The van der Waals surface area contributed by atoms with Gasteiger partial charge in [0, 0.05) is 32.7 Å². The van der Waals surface area contributed by atoms with Crippen LogP contribution in [-0.4, -0.2) is 81.1 Å². The number of unbranched alkanes of at least 4 members (excludes halogenated alkanes) is 9. The minimum Gasteiger partial charge on any atom is -0.465 e. The summed E-state index contributed by atoms with van der Waals surface area (Å²) in [5.41, 5.74) is 0. The maximum atomic E-state index is 12.4. The van der Waals surface area contributed by atoms with E-state index in [2.05, 4.69) is 44.4 Å². The molecule has 0 N–H and O–H groups in total. The zero-order valence-corrected chi connectivity index (χ0v) is 28.6. The van der Waals surface area contributed by atoms with Crippen LogP contribution in [0, 0.1) is 5.92 Å². The molecule has 0 fully saturated rings. The summed E-state index contributed by atoms with van der Waals surface area (Å²) in [7, 11) is 0. The number of aldehydes is 1. The molecule has 0 aliphatic heterocycles. The molecule has 0 bridgehead atoms. The van der Waals surface area contributed by atoms with Crippen molar-refractivity contribution in [2.45, 2.75) is 151 Å². The first-order valence-corrected chi connectivity index (χ1v) is 17.7. The van der Waals surface area contributed by atoms with E-state index >= 15 is 0 Å². The molecule has 0 aliphatic rings. The SMILES string of the molecule is CCC=O.CCCCCOCCCCCCN(CCCCCCOC(=O)C(CCC)CCCC)CCN(CC)CC. The van der Waals surface area contributed by atoms with Crippen LogP contribution in [0.25, 0.3) is 0 Å². The van der Waals surface area contributed by atoms with E-state index in [-0.39, 0.29) is 11.9 Å². The number of esters is 1. The van der Waals surface area contributed by atoms with Gasteiger partial charge in [0.2, 0.25) is 0 Å². The lowest BCUT2D eigenvalue weighted by Gasteiger charge is -2.26. The zero-order valence-electron chi connectivity index (χ0n) is 28.6. The molecule has 0 aromatic rings. The van der Waals surface area contributed by atoms with Gasteiger partial charge >= 0.3 is 5.97 Å². The number of carbonyl (C=O) groups excluding carboxylic acids is 2. The average Bonchev–Trinajstić information content (AvgIpc) is 2.99. The van der Waals surface area contributed by atoms with Crippen molar-refractivity contribution in [2.24, 2.45) is 5.92 Å². The number of nitrogens with zero attached hydrogens (tertiary/aromatic N) is 2. The van der Waals surface area contributed by atoms with Crippen LogP contribution in [0.1, 0.15) is 151 Å². The Morgan fingerprint density at radius 1 is 0.585 bits per heavy atom. The summed E-state index contributed by atoms with van der Waals surface area (Å²) in [6, 6.07) is 0. The van der Waals surface area contributed by atoms with Gasteiger partial charge in [0.1, 0.15) is 6.29 Å². The van der Waals surface area contributed by atoms with Crippen molar-refractivity contribution in [1.29, 1.82) is 0 Å². The van der Waals surface area contributed by atoms with Crippen LogP contribution in [0.3, 0.4) is 0 Å². The number of carbonyl (C=O) groups is 2. The van der Waals surface area contributed by atoms with E-state index < -0.39 is 0 Å². The highest BCUT2D eigenvalue weighted by molar-refractivity contribution is 5.72. The number of ether oxygens (including phenoxy) is 2. The predicted molar refractivity (Wildman–Crippen MR) is 177 cm³/mol. The largest absolute Gasteiger partial charge is 0.465 e. The van der Waals surface area contributed by atoms with E-state index in [1.165, 1.54) is 84.0 Å². The van der Waals surface area contributed by atoms with Crippen LogP contribution >= 0.6 is 0 Å². The quantitative estimate of drug-likeness (QED) is 0.0478. The molecule has 6 heteroatoms. The summed E-state index contributed by atoms with van der Waals surface area (Å²) in [5.74, 6) is 0.156. The van der Waals surface area contributed by atoms with E-state index in [9.17, 15) is 9.59 Å². The topological polar surface area (TPSA) is 59.1 Å². The van der Waals surface area contributed by atoms with Gasteiger partial charge in [-0.15, -0.1) is 0 Å². The molecular weight excluding hydrogens is 512 g/mol. The third-order valence-corrected chi connectivity index (χ3v) is 7.69. The van der Waals surface area contributed by atoms with Gasteiger partial charge in [-0.1, -0.05) is 99.3 Å². The van der Waals surface area contributed by atoms with Crippen molar-refractivity contribution in [1.82, 2.24) is 9.80 Å². The Morgan fingerprint density at radius 3 is 1.61 bits per heavy atom. The van der Waals surface area contributed by atoms with Crippen LogP contribution < -0.4 is 0 Å². The highest BCUT2D eigenvalue weighted by Crippen LogP contribution is 2.17. The third-order valence-electron chi connectivity index (χ3n) is 7.69. The molecule has 246 valence electrons. The fourth-order valence-corrected chi connectivity index (χ4v) is 4.87. The minimum atomic E-state index is 0.0425. The summed E-state index contributed by atoms with van der Waals surface area (Å²) in [6.45, 7) is 22.4. The Balaban J connectivity index is 0. The molecule has 0 aliphatic carbocycles. The maximum absolute atomic E-state index is 12.4. The Labute approximate surface area is 256 Å². The first kappa shape index (κ1) is 42.2. The molecule has 1 unspecified atom stereocenters. The minimum absolute atomic E-state index is 0.0425. The van der Waals surface area contributed by atoms with Gasteiger partial charge in [0.25, 0.3) is 0 Å². The van der Waals surface area contributed by atoms with Gasteiger partial charge in [0.15, 0.2) is 0 Å². The third kappa shape index (κ3) is 30.3. The van der Waals surface area contributed by atoms with E-state index in [0.717, 1.165) is 77.5 Å².